The van der Waals surface area contributed by atoms with E-state index in [-0.39, 0.29) is 6.29 Å². The first kappa shape index (κ1) is 13.5. The topological polar surface area (TPSA) is 74.7 Å². The van der Waals surface area contributed by atoms with Crippen LogP contribution in [0.25, 0.3) is 0 Å². The largest absolute Gasteiger partial charge is 0.481 e. The van der Waals surface area contributed by atoms with Crippen molar-refractivity contribution in [2.75, 3.05) is 40.3 Å². The van der Waals surface area contributed by atoms with Gasteiger partial charge >= 0.3 is 0 Å². The van der Waals surface area contributed by atoms with Crippen molar-refractivity contribution in [3.63, 3.8) is 0 Å². The second-order valence-electron chi connectivity index (χ2n) is 3.06. The SMILES string of the molecule is COc1cc(OC)nc(NCC(OC)OC)n1. The van der Waals surface area contributed by atoms with Gasteiger partial charge in [0.15, 0.2) is 6.29 Å². The highest BCUT2D eigenvalue weighted by atomic mass is 16.7. The van der Waals surface area contributed by atoms with Crippen molar-refractivity contribution in [3.05, 3.63) is 6.07 Å². The van der Waals surface area contributed by atoms with Crippen molar-refractivity contribution < 1.29 is 18.9 Å². The van der Waals surface area contributed by atoms with Crippen LogP contribution in [-0.4, -0.2) is 51.2 Å². The molecular weight excluding hydrogens is 226 g/mol. The molecule has 0 aliphatic carbocycles. The number of anilines is 1. The monoisotopic (exact) mass is 243 g/mol. The summed E-state index contributed by atoms with van der Waals surface area (Å²) in [5.74, 6) is 1.23. The van der Waals surface area contributed by atoms with Gasteiger partial charge in [-0.25, -0.2) is 0 Å². The molecule has 0 fully saturated rings. The number of nitrogens with zero attached hydrogens (tertiary/aromatic N) is 2. The van der Waals surface area contributed by atoms with Crippen LogP contribution in [0.3, 0.4) is 0 Å². The average molecular weight is 243 g/mol. The number of hydrogen-bond acceptors (Lipinski definition) is 7. The van der Waals surface area contributed by atoms with Crippen molar-refractivity contribution >= 4 is 5.95 Å². The van der Waals surface area contributed by atoms with Crippen LogP contribution in [0.2, 0.25) is 0 Å². The maximum atomic E-state index is 5.03. The maximum Gasteiger partial charge on any atom is 0.229 e. The minimum Gasteiger partial charge on any atom is -0.481 e. The predicted octanol–water partition coefficient (Wildman–Crippen LogP) is 0.525. The van der Waals surface area contributed by atoms with Gasteiger partial charge in [-0.3, -0.25) is 0 Å². The van der Waals surface area contributed by atoms with Crippen LogP contribution in [0.15, 0.2) is 6.07 Å². The lowest BCUT2D eigenvalue weighted by atomic mass is 10.5. The predicted molar refractivity (Wildman–Crippen MR) is 61.4 cm³/mol. The van der Waals surface area contributed by atoms with Crippen molar-refractivity contribution in [1.82, 2.24) is 9.97 Å². The quantitative estimate of drug-likeness (QED) is 0.700. The smallest absolute Gasteiger partial charge is 0.229 e. The summed E-state index contributed by atoms with van der Waals surface area (Å²) >= 11 is 0. The van der Waals surface area contributed by atoms with Gasteiger partial charge in [0.1, 0.15) is 0 Å². The van der Waals surface area contributed by atoms with Crippen molar-refractivity contribution in [2.45, 2.75) is 6.29 Å². The van der Waals surface area contributed by atoms with Crippen LogP contribution in [0, 0.1) is 0 Å². The van der Waals surface area contributed by atoms with E-state index in [0.717, 1.165) is 0 Å². The summed E-state index contributed by atoms with van der Waals surface area (Å²) in [6, 6.07) is 1.59. The summed E-state index contributed by atoms with van der Waals surface area (Å²) in [7, 11) is 6.17. The molecule has 0 unspecified atom stereocenters. The summed E-state index contributed by atoms with van der Waals surface area (Å²) in [5.41, 5.74) is 0. The van der Waals surface area contributed by atoms with Crippen molar-refractivity contribution in [3.8, 4) is 11.8 Å². The van der Waals surface area contributed by atoms with E-state index in [0.29, 0.717) is 24.3 Å². The normalized spacial score (nSPS) is 10.4. The molecule has 0 aromatic carbocycles. The molecule has 0 saturated heterocycles. The third kappa shape index (κ3) is 4.04. The molecule has 0 radical (unpaired) electrons. The minimum atomic E-state index is -0.365. The second-order valence-corrected chi connectivity index (χ2v) is 3.06. The van der Waals surface area contributed by atoms with Crippen LogP contribution in [0.5, 0.6) is 11.8 Å². The molecule has 0 spiro atoms. The Labute approximate surface area is 100 Å². The zero-order valence-corrected chi connectivity index (χ0v) is 10.4. The average Bonchev–Trinajstić information content (AvgIpc) is 2.39. The molecule has 0 aliphatic heterocycles. The molecule has 1 N–H and O–H groups in total. The zero-order valence-electron chi connectivity index (χ0n) is 10.4. The highest BCUT2D eigenvalue weighted by Gasteiger charge is 2.08. The molecule has 0 amide bonds. The number of aromatic nitrogens is 2. The number of hydrogen-bond donors (Lipinski definition) is 1. The van der Waals surface area contributed by atoms with E-state index in [2.05, 4.69) is 15.3 Å². The molecule has 1 aromatic rings. The first-order valence-electron chi connectivity index (χ1n) is 5.00. The Morgan fingerprint density at radius 3 is 2.00 bits per heavy atom. The van der Waals surface area contributed by atoms with Gasteiger partial charge in [-0.2, -0.15) is 9.97 Å². The third-order valence-corrected chi connectivity index (χ3v) is 2.05. The Bertz CT molecular complexity index is 322. The fraction of sp³-hybridized carbons (Fsp3) is 0.600. The maximum absolute atomic E-state index is 5.03. The second kappa shape index (κ2) is 6.87. The lowest BCUT2D eigenvalue weighted by Crippen LogP contribution is -2.24. The number of methoxy groups -OCH3 is 4. The molecule has 1 rings (SSSR count). The van der Waals surface area contributed by atoms with Gasteiger partial charge in [-0.15, -0.1) is 0 Å². The van der Waals surface area contributed by atoms with Crippen LogP contribution < -0.4 is 14.8 Å². The Morgan fingerprint density at radius 1 is 1.06 bits per heavy atom. The highest BCUT2D eigenvalue weighted by molar-refractivity contribution is 5.33. The lowest BCUT2D eigenvalue weighted by Gasteiger charge is -2.14. The molecule has 0 atom stereocenters. The van der Waals surface area contributed by atoms with E-state index in [9.17, 15) is 0 Å². The molecule has 17 heavy (non-hydrogen) atoms. The Balaban J connectivity index is 2.69. The van der Waals surface area contributed by atoms with Gasteiger partial charge in [-0.1, -0.05) is 0 Å². The Morgan fingerprint density at radius 2 is 1.59 bits per heavy atom. The van der Waals surface area contributed by atoms with E-state index >= 15 is 0 Å². The summed E-state index contributed by atoms with van der Waals surface area (Å²) in [6.07, 6.45) is -0.365. The molecule has 0 bridgehead atoms. The Hall–Kier alpha value is -1.60. The fourth-order valence-corrected chi connectivity index (χ4v) is 1.13. The Kier molecular flexibility index (Phi) is 5.44. The number of rotatable bonds is 7. The molecular formula is C10H17N3O4. The molecule has 0 saturated carbocycles. The highest BCUT2D eigenvalue weighted by Crippen LogP contribution is 2.17. The summed E-state index contributed by atoms with van der Waals surface area (Å²) in [6.45, 7) is 0.420. The van der Waals surface area contributed by atoms with E-state index in [1.165, 1.54) is 14.2 Å². The standard InChI is InChI=1S/C10H17N3O4/c1-14-7-5-8(15-2)13-10(12-7)11-6-9(16-3)17-4/h5,9H,6H2,1-4H3,(H,11,12,13). The van der Waals surface area contributed by atoms with E-state index in [1.807, 2.05) is 0 Å². The fourth-order valence-electron chi connectivity index (χ4n) is 1.13. The first-order valence-corrected chi connectivity index (χ1v) is 5.00. The van der Waals surface area contributed by atoms with Gasteiger partial charge in [0, 0.05) is 14.2 Å². The summed E-state index contributed by atoms with van der Waals surface area (Å²) in [4.78, 5) is 8.21. The number of ether oxygens (including phenoxy) is 4. The lowest BCUT2D eigenvalue weighted by molar-refractivity contribution is -0.0914. The summed E-state index contributed by atoms with van der Waals surface area (Å²) < 4.78 is 20.1. The van der Waals surface area contributed by atoms with Gasteiger partial charge in [0.25, 0.3) is 0 Å². The van der Waals surface area contributed by atoms with Crippen LogP contribution in [0.4, 0.5) is 5.95 Å². The van der Waals surface area contributed by atoms with Gasteiger partial charge < -0.3 is 24.3 Å². The van der Waals surface area contributed by atoms with Gasteiger partial charge in [0.05, 0.1) is 26.8 Å². The van der Waals surface area contributed by atoms with Crippen molar-refractivity contribution in [1.29, 1.82) is 0 Å². The zero-order chi connectivity index (χ0) is 12.7. The molecule has 7 nitrogen and oxygen atoms in total. The van der Waals surface area contributed by atoms with E-state index < -0.39 is 0 Å². The van der Waals surface area contributed by atoms with Gasteiger partial charge in [-0.05, 0) is 0 Å². The molecule has 7 heteroatoms. The molecule has 0 aliphatic rings. The first-order chi connectivity index (χ1) is 8.23. The number of nitrogens with one attached hydrogen (secondary N) is 1. The van der Waals surface area contributed by atoms with Crippen LogP contribution >= 0.6 is 0 Å². The minimum absolute atomic E-state index is 0.365. The molecule has 1 heterocycles. The van der Waals surface area contributed by atoms with Crippen molar-refractivity contribution in [2.24, 2.45) is 0 Å². The van der Waals surface area contributed by atoms with Crippen LogP contribution in [0.1, 0.15) is 0 Å². The van der Waals surface area contributed by atoms with E-state index in [1.54, 1.807) is 20.3 Å². The molecule has 96 valence electrons. The van der Waals surface area contributed by atoms with Gasteiger partial charge in [0.2, 0.25) is 17.7 Å². The summed E-state index contributed by atoms with van der Waals surface area (Å²) in [5, 5.41) is 2.96. The van der Waals surface area contributed by atoms with Crippen LogP contribution in [-0.2, 0) is 9.47 Å². The van der Waals surface area contributed by atoms with E-state index in [4.69, 9.17) is 18.9 Å². The molecule has 1 aromatic heterocycles. The third-order valence-electron chi connectivity index (χ3n) is 2.05.